The smallest absolute Gasteiger partial charge is 0.361 e. The monoisotopic (exact) mass is 581 g/mol. The Balaban J connectivity index is 1.64. The van der Waals surface area contributed by atoms with E-state index in [2.05, 4.69) is 51.3 Å². The van der Waals surface area contributed by atoms with Gasteiger partial charge in [0.05, 0.1) is 31.0 Å². The summed E-state index contributed by atoms with van der Waals surface area (Å²) in [6.07, 6.45) is 1.87. The fourth-order valence-corrected chi connectivity index (χ4v) is 4.68. The zero-order valence-electron chi connectivity index (χ0n) is 22.8. The van der Waals surface area contributed by atoms with E-state index in [1.54, 1.807) is 35.2 Å². The van der Waals surface area contributed by atoms with Crippen LogP contribution < -0.4 is 0 Å². The van der Waals surface area contributed by atoms with Crippen LogP contribution in [0.5, 0.6) is 0 Å². The van der Waals surface area contributed by atoms with Gasteiger partial charge in [0.1, 0.15) is 18.6 Å². The molecule has 0 saturated heterocycles. The van der Waals surface area contributed by atoms with Crippen molar-refractivity contribution in [2.45, 2.75) is 45.2 Å². The van der Waals surface area contributed by atoms with E-state index in [-0.39, 0.29) is 35.3 Å². The summed E-state index contributed by atoms with van der Waals surface area (Å²) >= 11 is 0. The number of fused-ring (bicyclic) bond motifs is 1. The van der Waals surface area contributed by atoms with Crippen LogP contribution in [-0.2, 0) is 17.6 Å². The lowest BCUT2D eigenvalue weighted by Crippen LogP contribution is -2.38. The van der Waals surface area contributed by atoms with Crippen LogP contribution in [0.1, 0.15) is 23.6 Å². The van der Waals surface area contributed by atoms with E-state index in [0.29, 0.717) is 16.7 Å². The number of halogens is 4. The number of rotatable bonds is 8. The predicted molar refractivity (Wildman–Crippen MR) is 149 cm³/mol. The first kappa shape index (κ1) is 28.3. The Bertz CT molecular complexity index is 1730. The van der Waals surface area contributed by atoms with Crippen LogP contribution >= 0.6 is 0 Å². The van der Waals surface area contributed by atoms with Gasteiger partial charge in [0, 0.05) is 24.3 Å². The van der Waals surface area contributed by atoms with Crippen molar-refractivity contribution in [3.8, 4) is 17.3 Å². The quantitative estimate of drug-likeness (QED) is 0.153. The Hall–Kier alpha value is -4.23. The molecule has 212 valence electrons. The van der Waals surface area contributed by atoms with Crippen LogP contribution in [-0.4, -0.2) is 48.1 Å². The molecule has 0 fully saturated rings. The van der Waals surface area contributed by atoms with Crippen molar-refractivity contribution < 1.29 is 22.3 Å². The van der Waals surface area contributed by atoms with E-state index >= 15 is 4.39 Å². The molecule has 0 amide bonds. The first-order valence-electron chi connectivity index (χ1n) is 12.7. The third-order valence-electron chi connectivity index (χ3n) is 6.90. The van der Waals surface area contributed by atoms with Crippen molar-refractivity contribution in [2.24, 2.45) is 0 Å². The van der Waals surface area contributed by atoms with Gasteiger partial charge in [0.25, 0.3) is 0 Å². The van der Waals surface area contributed by atoms with Gasteiger partial charge in [0.15, 0.2) is 11.6 Å². The molecule has 13 heteroatoms. The van der Waals surface area contributed by atoms with Crippen LogP contribution in [0.25, 0.3) is 33.9 Å². The lowest BCUT2D eigenvalue weighted by Gasteiger charge is -2.25. The highest BCUT2D eigenvalue weighted by atomic mass is 28.3. The second-order valence-corrected chi connectivity index (χ2v) is 16.2. The second-order valence-electron chi connectivity index (χ2n) is 10.6. The van der Waals surface area contributed by atoms with Crippen molar-refractivity contribution in [3.05, 3.63) is 90.5 Å². The van der Waals surface area contributed by atoms with Crippen LogP contribution in [0.15, 0.2) is 68.0 Å². The molecule has 4 heterocycles. The van der Waals surface area contributed by atoms with Gasteiger partial charge in [-0.05, 0) is 54.0 Å². The van der Waals surface area contributed by atoms with E-state index < -0.39 is 25.6 Å². The van der Waals surface area contributed by atoms with E-state index in [4.69, 9.17) is 4.74 Å². The van der Waals surface area contributed by atoms with Gasteiger partial charge in [0.2, 0.25) is 5.82 Å². The summed E-state index contributed by atoms with van der Waals surface area (Å²) in [7, 11) is -1.71. The van der Waals surface area contributed by atoms with Gasteiger partial charge in [-0.25, -0.2) is 19.0 Å². The molecule has 1 unspecified atom stereocenters. The van der Waals surface area contributed by atoms with Crippen LogP contribution in [0.4, 0.5) is 17.6 Å². The lowest BCUT2D eigenvalue weighted by molar-refractivity contribution is -0.137. The van der Waals surface area contributed by atoms with E-state index in [1.807, 2.05) is 6.92 Å². The molecular weight excluding hydrogens is 554 g/mol. The Kier molecular flexibility index (Phi) is 7.34. The summed E-state index contributed by atoms with van der Waals surface area (Å²) < 4.78 is 65.3. The highest BCUT2D eigenvalue weighted by molar-refractivity contribution is 6.77. The number of alkyl halides is 3. The lowest BCUT2D eigenvalue weighted by atomic mass is 10.00. The van der Waals surface area contributed by atoms with Gasteiger partial charge in [-0.1, -0.05) is 26.2 Å². The van der Waals surface area contributed by atoms with Crippen molar-refractivity contribution >= 4 is 24.7 Å². The summed E-state index contributed by atoms with van der Waals surface area (Å²) in [6, 6.07) is 7.51. The number of hydrogen-bond donors (Lipinski definition) is 0. The molecule has 0 aliphatic carbocycles. The second kappa shape index (κ2) is 10.6. The first-order chi connectivity index (χ1) is 19.3. The van der Waals surface area contributed by atoms with Crippen molar-refractivity contribution in [2.75, 3.05) is 0 Å². The number of hydrogen-bond acceptors (Lipinski definition) is 6. The molecule has 41 heavy (non-hydrogen) atoms. The molecule has 5 rings (SSSR count). The highest BCUT2D eigenvalue weighted by Crippen LogP contribution is 2.34. The molecule has 0 radical (unpaired) electrons. The summed E-state index contributed by atoms with van der Waals surface area (Å²) in [6.45, 7) is 12.6. The summed E-state index contributed by atoms with van der Waals surface area (Å²) in [5.74, 6) is -0.460. The topological polar surface area (TPSA) is 83.5 Å². The molecule has 5 aromatic rings. The minimum atomic E-state index is -4.63. The molecule has 8 nitrogen and oxygen atoms in total. The summed E-state index contributed by atoms with van der Waals surface area (Å²) in [5.41, 5.74) is 1.04. The maximum Gasteiger partial charge on any atom is 0.418 e. The van der Waals surface area contributed by atoms with Gasteiger partial charge < -0.3 is 4.74 Å². The highest BCUT2D eigenvalue weighted by Gasteiger charge is 2.34. The van der Waals surface area contributed by atoms with Crippen LogP contribution in [0.2, 0.25) is 19.6 Å². The average molecular weight is 582 g/mol. The van der Waals surface area contributed by atoms with Crippen molar-refractivity contribution in [1.29, 1.82) is 0 Å². The number of ether oxygens (including phenoxy) is 1. The number of nitrogens with zero attached hydrogens (tertiary/aromatic N) is 7. The molecule has 0 bridgehead atoms. The molecular formula is C28H27F4N7OSi. The molecule has 1 aromatic carbocycles. The van der Waals surface area contributed by atoms with Crippen LogP contribution in [0, 0.1) is 5.82 Å². The zero-order valence-corrected chi connectivity index (χ0v) is 23.8. The predicted octanol–water partition coefficient (Wildman–Crippen LogP) is 6.53. The van der Waals surface area contributed by atoms with Gasteiger partial charge in [-0.15, -0.1) is 5.10 Å². The molecule has 0 N–H and O–H groups in total. The number of benzene rings is 1. The summed E-state index contributed by atoms with van der Waals surface area (Å²) in [4.78, 5) is 16.5. The van der Waals surface area contributed by atoms with Gasteiger partial charge in [-0.2, -0.15) is 13.2 Å². The third-order valence-corrected chi connectivity index (χ3v) is 9.51. The standard InChI is InChI=1S/C28H27F4N7OSi/c1-17(19-6-9-33-10-7-19)20-12-22(29)25-23(13-20)38(16-40-18(2)41(3,4)5)27(36-25)26-35-15-39(37-26)24-14-34-11-8-21(24)28(30,31)32/h6-15,18H,1,16H2,2-5H3. The van der Waals surface area contributed by atoms with E-state index in [1.165, 1.54) is 6.07 Å². The molecule has 0 saturated carbocycles. The minimum Gasteiger partial charge on any atom is -0.361 e. The molecule has 4 aromatic heterocycles. The minimum absolute atomic E-state index is 0.00285. The largest absolute Gasteiger partial charge is 0.418 e. The van der Waals surface area contributed by atoms with Crippen LogP contribution in [0.3, 0.4) is 0 Å². The third kappa shape index (κ3) is 5.68. The Morgan fingerprint density at radius 2 is 1.76 bits per heavy atom. The van der Waals surface area contributed by atoms with E-state index in [0.717, 1.165) is 35.0 Å². The molecule has 0 aliphatic heterocycles. The maximum atomic E-state index is 15.5. The van der Waals surface area contributed by atoms with Gasteiger partial charge in [-0.3, -0.25) is 14.5 Å². The maximum absolute atomic E-state index is 15.5. The first-order valence-corrected chi connectivity index (χ1v) is 16.3. The Labute approximate surface area is 234 Å². The molecule has 0 spiro atoms. The van der Waals surface area contributed by atoms with E-state index in [9.17, 15) is 13.2 Å². The number of imidazole rings is 1. The molecule has 1 atom stereocenters. The van der Waals surface area contributed by atoms with Gasteiger partial charge >= 0.3 is 6.18 Å². The average Bonchev–Trinajstić information content (AvgIpc) is 3.56. The fourth-order valence-electron chi connectivity index (χ4n) is 4.10. The number of aromatic nitrogens is 7. The zero-order chi connectivity index (χ0) is 29.5. The number of pyridine rings is 2. The van der Waals surface area contributed by atoms with Crippen molar-refractivity contribution in [1.82, 2.24) is 34.3 Å². The van der Waals surface area contributed by atoms with Crippen molar-refractivity contribution in [3.63, 3.8) is 0 Å². The fraction of sp³-hybridized carbons (Fsp3) is 0.250. The summed E-state index contributed by atoms with van der Waals surface area (Å²) in [5, 5.41) is 4.28. The normalized spacial score (nSPS) is 13.1. The Morgan fingerprint density at radius 1 is 1.05 bits per heavy atom. The SMILES string of the molecule is C=C(c1ccncc1)c1cc(F)c2nc(-c3ncn(-c4cnccc4C(F)(F)F)n3)n(COC(C)[Si](C)(C)C)c2c1. The Morgan fingerprint density at radius 3 is 2.44 bits per heavy atom. The molecule has 0 aliphatic rings.